The van der Waals surface area contributed by atoms with Crippen molar-refractivity contribution in [3.05, 3.63) is 35.1 Å². The summed E-state index contributed by atoms with van der Waals surface area (Å²) in [5, 5.41) is 20.4. The van der Waals surface area contributed by atoms with E-state index in [9.17, 15) is 14.8 Å². The maximum atomic E-state index is 13.2. The monoisotopic (exact) mass is 275 g/mol. The van der Waals surface area contributed by atoms with Gasteiger partial charge in [-0.1, -0.05) is 38.2 Å². The summed E-state index contributed by atoms with van der Waals surface area (Å²) in [7, 11) is 0. The molecule has 1 aromatic carbocycles. The maximum Gasteiger partial charge on any atom is 0.123 e. The summed E-state index contributed by atoms with van der Waals surface area (Å²) < 4.78 is 13.2. The Morgan fingerprint density at radius 3 is 2.35 bits per heavy atom. The summed E-state index contributed by atoms with van der Waals surface area (Å²) >= 11 is 0. The molecule has 1 aromatic rings. The molecule has 1 N–H and O–H groups in total. The van der Waals surface area contributed by atoms with Crippen LogP contribution in [0.4, 0.5) is 4.39 Å². The van der Waals surface area contributed by atoms with Crippen molar-refractivity contribution in [2.75, 3.05) is 0 Å². The number of benzene rings is 1. The van der Waals surface area contributed by atoms with Gasteiger partial charge in [-0.3, -0.25) is 0 Å². The van der Waals surface area contributed by atoms with Crippen molar-refractivity contribution in [3.8, 4) is 6.07 Å². The molecular formula is C17H22FNO. The van der Waals surface area contributed by atoms with E-state index in [4.69, 9.17) is 0 Å². The number of hydrogen-bond acceptors (Lipinski definition) is 2. The third kappa shape index (κ3) is 3.02. The molecule has 2 nitrogen and oxygen atoms in total. The van der Waals surface area contributed by atoms with Crippen molar-refractivity contribution < 1.29 is 9.50 Å². The van der Waals surface area contributed by atoms with E-state index >= 15 is 0 Å². The minimum Gasteiger partial charge on any atom is -0.387 e. The highest BCUT2D eigenvalue weighted by Crippen LogP contribution is 2.44. The van der Waals surface area contributed by atoms with Crippen molar-refractivity contribution >= 4 is 0 Å². The number of nitrogens with zero attached hydrogens (tertiary/aromatic N) is 1. The van der Waals surface area contributed by atoms with E-state index in [2.05, 4.69) is 6.07 Å². The summed E-state index contributed by atoms with van der Waals surface area (Å²) in [6.45, 7) is 1.79. The van der Waals surface area contributed by atoms with Gasteiger partial charge in [-0.15, -0.1) is 0 Å². The number of halogens is 1. The first-order chi connectivity index (χ1) is 9.59. The molecule has 0 amide bonds. The largest absolute Gasteiger partial charge is 0.387 e. The first-order valence-corrected chi connectivity index (χ1v) is 7.44. The second kappa shape index (κ2) is 6.37. The molecule has 20 heavy (non-hydrogen) atoms. The summed E-state index contributed by atoms with van der Waals surface area (Å²) in [5.74, 6) is -0.304. The van der Waals surface area contributed by atoms with Crippen LogP contribution in [0.3, 0.4) is 0 Å². The highest BCUT2D eigenvalue weighted by atomic mass is 19.1. The highest BCUT2D eigenvalue weighted by molar-refractivity contribution is 5.31. The predicted molar refractivity (Wildman–Crippen MR) is 76.5 cm³/mol. The van der Waals surface area contributed by atoms with Crippen molar-refractivity contribution in [1.82, 2.24) is 0 Å². The molecule has 1 aliphatic rings. The lowest BCUT2D eigenvalue weighted by molar-refractivity contribution is 0.0429. The Morgan fingerprint density at radius 2 is 1.80 bits per heavy atom. The van der Waals surface area contributed by atoms with E-state index in [0.717, 1.165) is 38.5 Å². The molecule has 1 fully saturated rings. The average molecular weight is 275 g/mol. The molecular weight excluding hydrogens is 253 g/mol. The highest BCUT2D eigenvalue weighted by Gasteiger charge is 2.39. The lowest BCUT2D eigenvalue weighted by atomic mass is 9.71. The van der Waals surface area contributed by atoms with Gasteiger partial charge in [-0.25, -0.2) is 4.39 Å². The first-order valence-electron chi connectivity index (χ1n) is 7.44. The van der Waals surface area contributed by atoms with Crippen LogP contribution in [0.2, 0.25) is 0 Å². The van der Waals surface area contributed by atoms with Gasteiger partial charge in [0.2, 0.25) is 0 Å². The van der Waals surface area contributed by atoms with Crippen LogP contribution in [-0.4, -0.2) is 5.11 Å². The zero-order valence-electron chi connectivity index (χ0n) is 12.0. The third-order valence-corrected chi connectivity index (χ3v) is 4.52. The smallest absolute Gasteiger partial charge is 0.123 e. The number of nitriles is 1. The van der Waals surface area contributed by atoms with Crippen molar-refractivity contribution in [2.45, 2.75) is 58.0 Å². The topological polar surface area (TPSA) is 44.0 Å². The van der Waals surface area contributed by atoms with Crippen LogP contribution in [0.1, 0.15) is 62.2 Å². The van der Waals surface area contributed by atoms with Crippen LogP contribution in [0.15, 0.2) is 18.2 Å². The van der Waals surface area contributed by atoms with Crippen LogP contribution in [-0.2, 0) is 0 Å². The van der Waals surface area contributed by atoms with E-state index in [1.54, 1.807) is 13.0 Å². The molecule has 0 saturated heterocycles. The molecule has 1 saturated carbocycles. The van der Waals surface area contributed by atoms with E-state index in [1.807, 2.05) is 0 Å². The molecule has 0 radical (unpaired) electrons. The van der Waals surface area contributed by atoms with E-state index < -0.39 is 11.5 Å². The summed E-state index contributed by atoms with van der Waals surface area (Å²) in [6, 6.07) is 6.78. The summed E-state index contributed by atoms with van der Waals surface area (Å²) in [6.07, 6.45) is 6.04. The standard InChI is InChI=1S/C17H22FNO/c1-13-11-14(18)7-8-15(13)16(20)17(12-19)9-5-3-2-4-6-10-17/h7-8,11,16,20H,2-6,9-10H2,1H3. The molecule has 108 valence electrons. The lowest BCUT2D eigenvalue weighted by Crippen LogP contribution is -2.29. The molecule has 0 heterocycles. The molecule has 0 aliphatic heterocycles. The van der Waals surface area contributed by atoms with Gasteiger partial charge in [0.05, 0.1) is 17.6 Å². The molecule has 0 bridgehead atoms. The minimum atomic E-state index is -0.828. The van der Waals surface area contributed by atoms with Gasteiger partial charge in [0.1, 0.15) is 5.82 Å². The van der Waals surface area contributed by atoms with Crippen molar-refractivity contribution in [1.29, 1.82) is 5.26 Å². The molecule has 1 atom stereocenters. The predicted octanol–water partition coefficient (Wildman–Crippen LogP) is 4.42. The molecule has 1 aliphatic carbocycles. The molecule has 1 unspecified atom stereocenters. The van der Waals surface area contributed by atoms with Crippen molar-refractivity contribution in [3.63, 3.8) is 0 Å². The molecule has 0 aromatic heterocycles. The van der Waals surface area contributed by atoms with Gasteiger partial charge in [-0.2, -0.15) is 5.26 Å². The van der Waals surface area contributed by atoms with Crippen LogP contribution in [0.5, 0.6) is 0 Å². The Bertz CT molecular complexity index is 498. The molecule has 2 rings (SSSR count). The number of hydrogen-bond donors (Lipinski definition) is 1. The Kier molecular flexibility index (Phi) is 4.77. The fraction of sp³-hybridized carbons (Fsp3) is 0.588. The second-order valence-electron chi connectivity index (χ2n) is 5.94. The quantitative estimate of drug-likeness (QED) is 0.868. The maximum absolute atomic E-state index is 13.2. The lowest BCUT2D eigenvalue weighted by Gasteiger charge is -2.34. The fourth-order valence-corrected chi connectivity index (χ4v) is 3.23. The van der Waals surface area contributed by atoms with Gasteiger partial charge in [0.25, 0.3) is 0 Å². The number of aliphatic hydroxyl groups excluding tert-OH is 1. The minimum absolute atomic E-state index is 0.304. The van der Waals surface area contributed by atoms with Gasteiger partial charge in [-0.05, 0) is 43.0 Å². The average Bonchev–Trinajstić information content (AvgIpc) is 2.38. The van der Waals surface area contributed by atoms with Gasteiger partial charge in [0, 0.05) is 0 Å². The van der Waals surface area contributed by atoms with Crippen LogP contribution in [0, 0.1) is 29.5 Å². The third-order valence-electron chi connectivity index (χ3n) is 4.52. The first kappa shape index (κ1) is 15.0. The van der Waals surface area contributed by atoms with Crippen LogP contribution >= 0.6 is 0 Å². The SMILES string of the molecule is Cc1cc(F)ccc1C(O)C1(C#N)CCCCCCC1. The Morgan fingerprint density at radius 1 is 1.20 bits per heavy atom. The van der Waals surface area contributed by atoms with Gasteiger partial charge in [0.15, 0.2) is 0 Å². The van der Waals surface area contributed by atoms with Gasteiger partial charge < -0.3 is 5.11 Å². The summed E-state index contributed by atoms with van der Waals surface area (Å²) in [4.78, 5) is 0. The number of rotatable bonds is 2. The van der Waals surface area contributed by atoms with E-state index in [-0.39, 0.29) is 5.82 Å². The van der Waals surface area contributed by atoms with Crippen LogP contribution in [0.25, 0.3) is 0 Å². The van der Waals surface area contributed by atoms with E-state index in [1.165, 1.54) is 18.6 Å². The Labute approximate surface area is 120 Å². The number of aryl methyl sites for hydroxylation is 1. The molecule has 0 spiro atoms. The normalized spacial score (nSPS) is 20.5. The van der Waals surface area contributed by atoms with Gasteiger partial charge >= 0.3 is 0 Å². The fourth-order valence-electron chi connectivity index (χ4n) is 3.23. The van der Waals surface area contributed by atoms with Crippen molar-refractivity contribution in [2.24, 2.45) is 5.41 Å². The number of aliphatic hydroxyl groups is 1. The summed E-state index contributed by atoms with van der Waals surface area (Å²) in [5.41, 5.74) is 0.686. The zero-order chi connectivity index (χ0) is 14.6. The molecule has 3 heteroatoms. The zero-order valence-corrected chi connectivity index (χ0v) is 12.0. The van der Waals surface area contributed by atoms with E-state index in [0.29, 0.717) is 11.1 Å². The second-order valence-corrected chi connectivity index (χ2v) is 5.94. The Balaban J connectivity index is 2.31. The van der Waals surface area contributed by atoms with Crippen LogP contribution < -0.4 is 0 Å². The Hall–Kier alpha value is -1.40.